The third-order valence-electron chi connectivity index (χ3n) is 3.90. The summed E-state index contributed by atoms with van der Waals surface area (Å²) in [6.07, 6.45) is 0.751. The number of nitrogen functional groups attached to an aromatic ring is 1. The topological polar surface area (TPSA) is 115 Å². The van der Waals surface area contributed by atoms with Crippen LogP contribution in [0.2, 0.25) is 0 Å². The molecule has 7 nitrogen and oxygen atoms in total. The number of anilines is 1. The number of carboxylic acid groups (broad SMARTS) is 1. The lowest BCUT2D eigenvalue weighted by Gasteiger charge is -2.19. The van der Waals surface area contributed by atoms with E-state index in [2.05, 4.69) is 10.3 Å². The highest BCUT2D eigenvalue weighted by atomic mass is 16.6. The fraction of sp³-hybridized carbons (Fsp3) is 0.421. The number of nitrogens with one attached hydrogen (secondary N) is 1. The second-order valence-electron chi connectivity index (χ2n) is 7.14. The first-order chi connectivity index (χ1) is 12.1. The number of aromatic carboxylic acids is 1. The van der Waals surface area contributed by atoms with Crippen molar-refractivity contribution in [1.82, 2.24) is 10.3 Å². The molecule has 4 N–H and O–H groups in total. The minimum atomic E-state index is -1.08. The van der Waals surface area contributed by atoms with E-state index in [9.17, 15) is 14.7 Å². The number of carbonyl (C=O) groups excluding carboxylic acids is 1. The highest BCUT2D eigenvalue weighted by Crippen LogP contribution is 2.27. The molecule has 0 aliphatic heterocycles. The Morgan fingerprint density at radius 2 is 2.00 bits per heavy atom. The lowest BCUT2D eigenvalue weighted by atomic mass is 9.97. The monoisotopic (exact) mass is 359 g/mol. The summed E-state index contributed by atoms with van der Waals surface area (Å²) in [6.45, 7) is 7.57. The fourth-order valence-electron chi connectivity index (χ4n) is 2.77. The summed E-state index contributed by atoms with van der Waals surface area (Å²) in [5.41, 5.74) is 7.86. The van der Waals surface area contributed by atoms with Gasteiger partial charge in [-0.05, 0) is 57.7 Å². The van der Waals surface area contributed by atoms with Crippen molar-refractivity contribution in [1.29, 1.82) is 0 Å². The Hall–Kier alpha value is -2.83. The van der Waals surface area contributed by atoms with Gasteiger partial charge < -0.3 is 20.9 Å². The lowest BCUT2D eigenvalue weighted by molar-refractivity contribution is 0.0526. The van der Waals surface area contributed by atoms with Crippen molar-refractivity contribution < 1.29 is 19.4 Å². The molecule has 1 aromatic heterocycles. The number of fused-ring (bicyclic) bond motifs is 1. The van der Waals surface area contributed by atoms with Gasteiger partial charge in [0.1, 0.15) is 5.60 Å². The molecule has 7 heteroatoms. The number of ether oxygens (including phenoxy) is 1. The molecule has 0 saturated heterocycles. The van der Waals surface area contributed by atoms with Crippen LogP contribution in [0.5, 0.6) is 0 Å². The van der Waals surface area contributed by atoms with Crippen molar-refractivity contribution in [2.75, 3.05) is 12.3 Å². The first-order valence-corrected chi connectivity index (χ1v) is 8.48. The van der Waals surface area contributed by atoms with Gasteiger partial charge in [-0.1, -0.05) is 12.1 Å². The molecule has 0 saturated carbocycles. The third kappa shape index (κ3) is 4.62. The zero-order valence-electron chi connectivity index (χ0n) is 15.5. The first-order valence-electron chi connectivity index (χ1n) is 8.48. The fourth-order valence-corrected chi connectivity index (χ4v) is 2.77. The molecule has 1 amide bonds. The molecule has 2 aromatic rings. The van der Waals surface area contributed by atoms with Gasteiger partial charge >= 0.3 is 12.1 Å². The van der Waals surface area contributed by atoms with E-state index in [0.29, 0.717) is 36.2 Å². The average molecular weight is 359 g/mol. The summed E-state index contributed by atoms with van der Waals surface area (Å²) in [5.74, 6) is -1.08. The number of carboxylic acids is 1. The van der Waals surface area contributed by atoms with Gasteiger partial charge in [-0.25, -0.2) is 14.6 Å². The van der Waals surface area contributed by atoms with E-state index in [1.54, 1.807) is 33.8 Å². The number of hydrogen-bond acceptors (Lipinski definition) is 5. The number of nitrogens with zero attached hydrogens (tertiary/aromatic N) is 1. The van der Waals surface area contributed by atoms with Gasteiger partial charge in [-0.15, -0.1) is 0 Å². The van der Waals surface area contributed by atoms with E-state index < -0.39 is 17.7 Å². The molecule has 0 aliphatic carbocycles. The van der Waals surface area contributed by atoms with E-state index in [4.69, 9.17) is 10.5 Å². The average Bonchev–Trinajstić information content (AvgIpc) is 2.51. The van der Waals surface area contributed by atoms with Gasteiger partial charge in [0.15, 0.2) is 5.69 Å². The standard InChI is InChI=1S/C19H25N3O4/c1-11-12(8-6-10-21-18(25)26-19(2,3)4)13-7-5-9-14(20)16(13)22-15(11)17(23)24/h5,7,9H,6,8,10,20H2,1-4H3,(H,21,25)(H,23,24). The molecule has 0 fully saturated rings. The summed E-state index contributed by atoms with van der Waals surface area (Å²) in [5, 5.41) is 13.0. The Morgan fingerprint density at radius 3 is 2.62 bits per heavy atom. The smallest absolute Gasteiger partial charge is 0.407 e. The van der Waals surface area contributed by atoms with E-state index >= 15 is 0 Å². The maximum absolute atomic E-state index is 11.7. The second-order valence-corrected chi connectivity index (χ2v) is 7.14. The van der Waals surface area contributed by atoms with Crippen LogP contribution in [0.3, 0.4) is 0 Å². The zero-order valence-corrected chi connectivity index (χ0v) is 15.5. The highest BCUT2D eigenvalue weighted by Gasteiger charge is 2.18. The van der Waals surface area contributed by atoms with Crippen LogP contribution in [0.1, 0.15) is 48.8 Å². The van der Waals surface area contributed by atoms with E-state index in [1.165, 1.54) is 0 Å². The molecular weight excluding hydrogens is 334 g/mol. The minimum Gasteiger partial charge on any atom is -0.477 e. The number of pyridine rings is 1. The Balaban J connectivity index is 2.18. The number of para-hydroxylation sites is 1. The van der Waals surface area contributed by atoms with Crippen molar-refractivity contribution in [3.8, 4) is 0 Å². The summed E-state index contributed by atoms with van der Waals surface area (Å²) in [4.78, 5) is 27.4. The quantitative estimate of drug-likeness (QED) is 0.557. The van der Waals surface area contributed by atoms with Crippen LogP contribution in [0.4, 0.5) is 10.5 Å². The molecule has 0 atom stereocenters. The second kappa shape index (κ2) is 7.59. The number of benzene rings is 1. The number of alkyl carbamates (subject to hydrolysis) is 1. The van der Waals surface area contributed by atoms with Crippen LogP contribution in [0, 0.1) is 6.92 Å². The van der Waals surface area contributed by atoms with Gasteiger partial charge in [0, 0.05) is 11.9 Å². The minimum absolute atomic E-state index is 0.00509. The largest absolute Gasteiger partial charge is 0.477 e. The van der Waals surface area contributed by atoms with Crippen LogP contribution < -0.4 is 11.1 Å². The van der Waals surface area contributed by atoms with E-state index in [1.807, 2.05) is 12.1 Å². The van der Waals surface area contributed by atoms with Crippen LogP contribution in [-0.4, -0.2) is 34.3 Å². The highest BCUT2D eigenvalue weighted by molar-refractivity contribution is 5.97. The maximum atomic E-state index is 11.7. The third-order valence-corrected chi connectivity index (χ3v) is 3.90. The summed E-state index contributed by atoms with van der Waals surface area (Å²) in [6, 6.07) is 5.40. The number of aromatic nitrogens is 1. The number of nitrogens with two attached hydrogens (primary N) is 1. The molecule has 0 unspecified atom stereocenters. The number of hydrogen-bond donors (Lipinski definition) is 3. The molecular formula is C19H25N3O4. The molecule has 0 radical (unpaired) electrons. The van der Waals surface area contributed by atoms with Crippen molar-refractivity contribution >= 4 is 28.7 Å². The normalized spacial score (nSPS) is 11.4. The van der Waals surface area contributed by atoms with Crippen LogP contribution in [-0.2, 0) is 11.2 Å². The molecule has 1 heterocycles. The molecule has 0 bridgehead atoms. The van der Waals surface area contributed by atoms with Crippen molar-refractivity contribution in [3.63, 3.8) is 0 Å². The van der Waals surface area contributed by atoms with E-state index in [0.717, 1.165) is 10.9 Å². The predicted octanol–water partition coefficient (Wildman–Crippen LogP) is 3.28. The Morgan fingerprint density at radius 1 is 1.31 bits per heavy atom. The molecule has 0 spiro atoms. The van der Waals surface area contributed by atoms with Gasteiger partial charge in [-0.2, -0.15) is 0 Å². The van der Waals surface area contributed by atoms with Crippen LogP contribution in [0.25, 0.3) is 10.9 Å². The van der Waals surface area contributed by atoms with Crippen molar-refractivity contribution in [2.24, 2.45) is 0 Å². The number of carbonyl (C=O) groups is 2. The Bertz CT molecular complexity index is 841. The molecule has 140 valence electrons. The van der Waals surface area contributed by atoms with Crippen LogP contribution >= 0.6 is 0 Å². The number of aryl methyl sites for hydroxylation is 1. The SMILES string of the molecule is Cc1c(C(=O)O)nc2c(N)cccc2c1CCCNC(=O)OC(C)(C)C. The van der Waals surface area contributed by atoms with E-state index in [-0.39, 0.29) is 5.69 Å². The lowest BCUT2D eigenvalue weighted by Crippen LogP contribution is -2.33. The first kappa shape index (κ1) is 19.5. The van der Waals surface area contributed by atoms with Gasteiger partial charge in [-0.3, -0.25) is 0 Å². The van der Waals surface area contributed by atoms with Gasteiger partial charge in [0.2, 0.25) is 0 Å². The maximum Gasteiger partial charge on any atom is 0.407 e. The molecule has 0 aliphatic rings. The zero-order chi connectivity index (χ0) is 19.5. The van der Waals surface area contributed by atoms with Gasteiger partial charge in [0.05, 0.1) is 11.2 Å². The summed E-state index contributed by atoms with van der Waals surface area (Å²) < 4.78 is 5.20. The Labute approximate surface area is 152 Å². The predicted molar refractivity (Wildman–Crippen MR) is 100 cm³/mol. The molecule has 26 heavy (non-hydrogen) atoms. The molecule has 1 aromatic carbocycles. The number of rotatable bonds is 5. The van der Waals surface area contributed by atoms with Crippen molar-refractivity contribution in [3.05, 3.63) is 35.0 Å². The van der Waals surface area contributed by atoms with Crippen molar-refractivity contribution in [2.45, 2.75) is 46.1 Å². The Kier molecular flexibility index (Phi) is 5.69. The van der Waals surface area contributed by atoms with Gasteiger partial charge in [0.25, 0.3) is 0 Å². The molecule has 2 rings (SSSR count). The summed E-state index contributed by atoms with van der Waals surface area (Å²) >= 11 is 0. The summed E-state index contributed by atoms with van der Waals surface area (Å²) in [7, 11) is 0. The number of amides is 1. The van der Waals surface area contributed by atoms with Crippen LogP contribution in [0.15, 0.2) is 18.2 Å².